The molecule has 7 heteroatoms. The van der Waals surface area contributed by atoms with Crippen molar-refractivity contribution in [1.82, 2.24) is 14.8 Å². The zero-order chi connectivity index (χ0) is 23.5. The second kappa shape index (κ2) is 10.3. The molecule has 0 radical (unpaired) electrons. The number of aromatic nitrogens is 1. The average molecular weight is 485 g/mol. The lowest BCUT2D eigenvalue weighted by Gasteiger charge is -2.26. The van der Waals surface area contributed by atoms with Crippen LogP contribution in [0.1, 0.15) is 54.3 Å². The Morgan fingerprint density at radius 3 is 2.70 bits per heavy atom. The third kappa shape index (κ3) is 5.62. The summed E-state index contributed by atoms with van der Waals surface area (Å²) in [6.07, 6.45) is 7.14. The SMILES string of the molecule is Cc1ccc(Cl)cc1NC(=O)NC(CCC(C)C)c1c(-n2cccc2)sc2c1CCN(C)C2. The normalized spacial score (nSPS) is 14.8. The molecule has 2 aromatic heterocycles. The van der Waals surface area contributed by atoms with E-state index in [-0.39, 0.29) is 12.1 Å². The maximum Gasteiger partial charge on any atom is 0.319 e. The van der Waals surface area contributed by atoms with Crippen LogP contribution in [-0.2, 0) is 13.0 Å². The minimum atomic E-state index is -0.194. The standard InChI is InChI=1S/C26H33ClN4OS/c1-17(2)7-10-21(28-26(32)29-22-15-19(27)9-8-18(22)3)24-20-11-14-30(4)16-23(20)33-25(24)31-12-5-6-13-31/h5-6,8-9,12-13,15,17,21H,7,10-11,14,16H2,1-4H3,(H2,28,29,32). The van der Waals surface area contributed by atoms with Gasteiger partial charge in [-0.2, -0.15) is 0 Å². The van der Waals surface area contributed by atoms with Crippen molar-refractivity contribution in [3.05, 3.63) is 69.3 Å². The Morgan fingerprint density at radius 1 is 1.21 bits per heavy atom. The molecule has 3 heterocycles. The number of urea groups is 1. The Hall–Kier alpha value is -2.28. The van der Waals surface area contributed by atoms with E-state index in [0.29, 0.717) is 10.9 Å². The molecule has 1 atom stereocenters. The third-order valence-electron chi connectivity index (χ3n) is 6.24. The fourth-order valence-corrected chi connectivity index (χ4v) is 6.02. The molecule has 176 valence electrons. The predicted octanol–water partition coefficient (Wildman–Crippen LogP) is 6.79. The van der Waals surface area contributed by atoms with Crippen LogP contribution in [0.5, 0.6) is 0 Å². The molecule has 1 aliphatic heterocycles. The first-order chi connectivity index (χ1) is 15.8. The molecular formula is C26H33ClN4OS. The number of carbonyl (C=O) groups excluding carboxylic acids is 1. The van der Waals surface area contributed by atoms with Crippen LogP contribution in [0.4, 0.5) is 10.5 Å². The van der Waals surface area contributed by atoms with E-state index in [1.54, 1.807) is 6.07 Å². The summed E-state index contributed by atoms with van der Waals surface area (Å²) in [5.74, 6) is 0.558. The van der Waals surface area contributed by atoms with Crippen LogP contribution < -0.4 is 10.6 Å². The Balaban J connectivity index is 1.68. The number of hydrogen-bond donors (Lipinski definition) is 2. The average Bonchev–Trinajstić information content (AvgIpc) is 3.41. The number of thiophene rings is 1. The van der Waals surface area contributed by atoms with Gasteiger partial charge in [0.05, 0.1) is 6.04 Å². The molecule has 1 aliphatic rings. The van der Waals surface area contributed by atoms with Crippen LogP contribution in [0, 0.1) is 12.8 Å². The van der Waals surface area contributed by atoms with Crippen molar-refractivity contribution >= 4 is 34.7 Å². The number of likely N-dealkylation sites (N-methyl/N-ethyl adjacent to an activating group) is 1. The molecule has 2 amide bonds. The van der Waals surface area contributed by atoms with E-state index in [9.17, 15) is 4.79 Å². The van der Waals surface area contributed by atoms with Crippen LogP contribution in [0.25, 0.3) is 5.00 Å². The summed E-state index contributed by atoms with van der Waals surface area (Å²) in [5.41, 5.74) is 4.41. The van der Waals surface area contributed by atoms with E-state index < -0.39 is 0 Å². The van der Waals surface area contributed by atoms with Crippen LogP contribution in [0.3, 0.4) is 0 Å². The van der Waals surface area contributed by atoms with Crippen LogP contribution in [-0.4, -0.2) is 29.1 Å². The lowest BCUT2D eigenvalue weighted by atomic mass is 9.92. The van der Waals surface area contributed by atoms with Gasteiger partial charge in [-0.25, -0.2) is 4.79 Å². The number of nitrogens with zero attached hydrogens (tertiary/aromatic N) is 2. The Labute approximate surface area is 205 Å². The second-order valence-electron chi connectivity index (χ2n) is 9.38. The molecule has 0 saturated heterocycles. The van der Waals surface area contributed by atoms with E-state index in [1.165, 1.54) is 21.0 Å². The molecule has 0 aliphatic carbocycles. The number of carbonyl (C=O) groups is 1. The van der Waals surface area contributed by atoms with Crippen LogP contribution in [0.15, 0.2) is 42.7 Å². The molecule has 0 spiro atoms. The highest BCUT2D eigenvalue weighted by molar-refractivity contribution is 7.15. The topological polar surface area (TPSA) is 49.3 Å². The zero-order valence-corrected chi connectivity index (χ0v) is 21.4. The van der Waals surface area contributed by atoms with E-state index >= 15 is 0 Å². The Morgan fingerprint density at radius 2 is 1.97 bits per heavy atom. The third-order valence-corrected chi connectivity index (χ3v) is 7.72. The molecule has 4 rings (SSSR count). The van der Waals surface area contributed by atoms with Gasteiger partial charge in [0.2, 0.25) is 0 Å². The summed E-state index contributed by atoms with van der Waals surface area (Å²) in [6.45, 7) is 8.43. The minimum absolute atomic E-state index is 0.0623. The maximum atomic E-state index is 13.2. The summed E-state index contributed by atoms with van der Waals surface area (Å²) in [6, 6.07) is 9.41. The van der Waals surface area contributed by atoms with Gasteiger partial charge in [0.15, 0.2) is 0 Å². The first kappa shape index (κ1) is 23.9. The minimum Gasteiger partial charge on any atom is -0.331 e. The van der Waals surface area contributed by atoms with Crippen LogP contribution >= 0.6 is 22.9 Å². The molecule has 2 N–H and O–H groups in total. The highest BCUT2D eigenvalue weighted by Gasteiger charge is 2.29. The number of anilines is 1. The van der Waals surface area contributed by atoms with Gasteiger partial charge >= 0.3 is 6.03 Å². The summed E-state index contributed by atoms with van der Waals surface area (Å²) in [7, 11) is 2.17. The van der Waals surface area contributed by atoms with Gasteiger partial charge in [-0.1, -0.05) is 31.5 Å². The van der Waals surface area contributed by atoms with Crippen molar-refractivity contribution in [2.75, 3.05) is 18.9 Å². The highest BCUT2D eigenvalue weighted by Crippen LogP contribution is 2.40. The first-order valence-electron chi connectivity index (χ1n) is 11.6. The lowest BCUT2D eigenvalue weighted by Crippen LogP contribution is -2.34. The Bertz CT molecular complexity index is 1110. The second-order valence-corrected chi connectivity index (χ2v) is 10.9. The summed E-state index contributed by atoms with van der Waals surface area (Å²) in [5, 5.41) is 8.17. The molecule has 1 unspecified atom stereocenters. The fraction of sp³-hybridized carbons (Fsp3) is 0.423. The largest absolute Gasteiger partial charge is 0.331 e. The van der Waals surface area contributed by atoms with Gasteiger partial charge in [-0.15, -0.1) is 11.3 Å². The Kier molecular flexibility index (Phi) is 7.47. The number of rotatable bonds is 7. The summed E-state index contributed by atoms with van der Waals surface area (Å²) in [4.78, 5) is 16.9. The number of aryl methyl sites for hydroxylation is 1. The number of nitrogens with one attached hydrogen (secondary N) is 2. The summed E-state index contributed by atoms with van der Waals surface area (Å²) >= 11 is 8.02. The monoisotopic (exact) mass is 484 g/mol. The molecule has 0 saturated carbocycles. The van der Waals surface area contributed by atoms with Crippen molar-refractivity contribution in [1.29, 1.82) is 0 Å². The lowest BCUT2D eigenvalue weighted by molar-refractivity contribution is 0.247. The smallest absolute Gasteiger partial charge is 0.319 e. The quantitative estimate of drug-likeness (QED) is 0.388. The van der Waals surface area contributed by atoms with Gasteiger partial charge in [-0.05, 0) is 74.5 Å². The predicted molar refractivity (Wildman–Crippen MR) is 139 cm³/mol. The van der Waals surface area contributed by atoms with Crippen LogP contribution in [0.2, 0.25) is 5.02 Å². The van der Waals surface area contributed by atoms with Gasteiger partial charge in [0.25, 0.3) is 0 Å². The summed E-state index contributed by atoms with van der Waals surface area (Å²) < 4.78 is 2.20. The van der Waals surface area contributed by atoms with E-state index in [4.69, 9.17) is 11.6 Å². The first-order valence-corrected chi connectivity index (χ1v) is 12.8. The molecule has 5 nitrogen and oxygen atoms in total. The number of fused-ring (bicyclic) bond motifs is 1. The molecule has 0 fully saturated rings. The van der Waals surface area contributed by atoms with Crippen molar-refractivity contribution < 1.29 is 4.79 Å². The van der Waals surface area contributed by atoms with Gasteiger partial charge in [0, 0.05) is 46.6 Å². The van der Waals surface area contributed by atoms with Crippen molar-refractivity contribution in [2.24, 2.45) is 5.92 Å². The van der Waals surface area contributed by atoms with Gasteiger partial charge < -0.3 is 20.1 Å². The number of benzene rings is 1. The van der Waals surface area contributed by atoms with E-state index in [1.807, 2.05) is 30.4 Å². The van der Waals surface area contributed by atoms with E-state index in [0.717, 1.165) is 43.6 Å². The molecule has 0 bridgehead atoms. The molecule has 33 heavy (non-hydrogen) atoms. The van der Waals surface area contributed by atoms with Crippen molar-refractivity contribution in [2.45, 2.75) is 52.6 Å². The van der Waals surface area contributed by atoms with Crippen molar-refractivity contribution in [3.63, 3.8) is 0 Å². The number of hydrogen-bond acceptors (Lipinski definition) is 3. The number of halogens is 1. The van der Waals surface area contributed by atoms with Crippen molar-refractivity contribution in [3.8, 4) is 5.00 Å². The highest BCUT2D eigenvalue weighted by atomic mass is 35.5. The molecule has 1 aromatic carbocycles. The molecular weight excluding hydrogens is 452 g/mol. The fourth-order valence-electron chi connectivity index (χ4n) is 4.40. The van der Waals surface area contributed by atoms with Gasteiger partial charge in [-0.3, -0.25) is 0 Å². The van der Waals surface area contributed by atoms with Gasteiger partial charge in [0.1, 0.15) is 5.00 Å². The van der Waals surface area contributed by atoms with E-state index in [2.05, 4.69) is 65.5 Å². The zero-order valence-electron chi connectivity index (χ0n) is 19.8. The number of amides is 2. The molecule has 3 aromatic rings. The maximum absolute atomic E-state index is 13.2.